The third-order valence-corrected chi connectivity index (χ3v) is 3.43. The van der Waals surface area contributed by atoms with E-state index in [0.717, 1.165) is 15.4 Å². The quantitative estimate of drug-likeness (QED) is 0.708. The zero-order valence-corrected chi connectivity index (χ0v) is 12.4. The molecular weight excluding hydrogens is 324 g/mol. The van der Waals surface area contributed by atoms with E-state index in [1.807, 2.05) is 18.2 Å². The molecular formula is C14H15BrN2O3. The number of carboxylic acid groups (broad SMARTS) is 1. The molecule has 20 heavy (non-hydrogen) atoms. The van der Waals surface area contributed by atoms with Crippen molar-refractivity contribution in [1.29, 1.82) is 0 Å². The molecule has 0 saturated carbocycles. The van der Waals surface area contributed by atoms with E-state index < -0.39 is 5.97 Å². The van der Waals surface area contributed by atoms with E-state index in [2.05, 4.69) is 26.2 Å². The monoisotopic (exact) mass is 338 g/mol. The van der Waals surface area contributed by atoms with Gasteiger partial charge in [-0.25, -0.2) is 0 Å². The second-order valence-electron chi connectivity index (χ2n) is 4.52. The number of carbonyl (C=O) groups excluding carboxylic acids is 1. The van der Waals surface area contributed by atoms with Gasteiger partial charge in [0.25, 0.3) is 5.91 Å². The van der Waals surface area contributed by atoms with Gasteiger partial charge in [0, 0.05) is 28.3 Å². The Morgan fingerprint density at radius 3 is 2.80 bits per heavy atom. The van der Waals surface area contributed by atoms with Crippen LogP contribution in [0.25, 0.3) is 10.9 Å². The van der Waals surface area contributed by atoms with Crippen molar-refractivity contribution in [3.05, 3.63) is 34.4 Å². The molecule has 5 nitrogen and oxygen atoms in total. The van der Waals surface area contributed by atoms with Gasteiger partial charge >= 0.3 is 5.97 Å². The Balaban J connectivity index is 1.89. The molecule has 0 aliphatic carbocycles. The van der Waals surface area contributed by atoms with Gasteiger partial charge in [-0.1, -0.05) is 22.0 Å². The number of aromatic nitrogens is 1. The number of amides is 1. The van der Waals surface area contributed by atoms with Crippen LogP contribution in [0.3, 0.4) is 0 Å². The topological polar surface area (TPSA) is 82.2 Å². The minimum absolute atomic E-state index is 0.135. The second kappa shape index (κ2) is 6.56. The zero-order valence-electron chi connectivity index (χ0n) is 10.8. The van der Waals surface area contributed by atoms with Crippen molar-refractivity contribution < 1.29 is 14.7 Å². The number of aromatic amines is 1. The Bertz CT molecular complexity index is 636. The molecule has 0 bridgehead atoms. The average molecular weight is 339 g/mol. The number of rotatable bonds is 6. The fraction of sp³-hybridized carbons (Fsp3) is 0.286. The number of fused-ring (bicyclic) bond motifs is 1. The lowest BCUT2D eigenvalue weighted by Crippen LogP contribution is -2.24. The molecule has 1 aromatic heterocycles. The molecule has 2 rings (SSSR count). The van der Waals surface area contributed by atoms with Crippen molar-refractivity contribution in [3.8, 4) is 0 Å². The summed E-state index contributed by atoms with van der Waals surface area (Å²) < 4.78 is 0.951. The van der Waals surface area contributed by atoms with Gasteiger partial charge in [0.15, 0.2) is 0 Å². The van der Waals surface area contributed by atoms with Crippen LogP contribution < -0.4 is 5.32 Å². The molecule has 106 valence electrons. The SMILES string of the molecule is O=C(O)CCCCNC(=O)c1cc2ccc(Br)cc2[nH]1. The number of carbonyl (C=O) groups is 2. The molecule has 0 spiro atoms. The molecule has 0 fully saturated rings. The number of carboxylic acids is 1. The maximum absolute atomic E-state index is 11.9. The summed E-state index contributed by atoms with van der Waals surface area (Å²) in [5, 5.41) is 12.3. The Kier molecular flexibility index (Phi) is 4.79. The van der Waals surface area contributed by atoms with E-state index in [0.29, 0.717) is 25.1 Å². The number of hydrogen-bond donors (Lipinski definition) is 3. The fourth-order valence-corrected chi connectivity index (χ4v) is 2.28. The van der Waals surface area contributed by atoms with Crippen LogP contribution in [0.4, 0.5) is 0 Å². The van der Waals surface area contributed by atoms with Crippen LogP contribution in [-0.4, -0.2) is 28.5 Å². The average Bonchev–Trinajstić information content (AvgIpc) is 2.80. The third kappa shape index (κ3) is 3.84. The lowest BCUT2D eigenvalue weighted by molar-refractivity contribution is -0.137. The first-order chi connectivity index (χ1) is 9.56. The molecule has 2 aromatic rings. The van der Waals surface area contributed by atoms with E-state index in [1.54, 1.807) is 6.07 Å². The molecule has 1 heterocycles. The highest BCUT2D eigenvalue weighted by Crippen LogP contribution is 2.20. The van der Waals surface area contributed by atoms with Crippen molar-refractivity contribution in [2.75, 3.05) is 6.54 Å². The lowest BCUT2D eigenvalue weighted by Gasteiger charge is -2.02. The number of aliphatic carboxylic acids is 1. The minimum Gasteiger partial charge on any atom is -0.481 e. The highest BCUT2D eigenvalue weighted by Gasteiger charge is 2.09. The number of halogens is 1. The van der Waals surface area contributed by atoms with Gasteiger partial charge in [0.05, 0.1) is 0 Å². The van der Waals surface area contributed by atoms with Gasteiger partial charge in [-0.2, -0.15) is 0 Å². The van der Waals surface area contributed by atoms with E-state index in [9.17, 15) is 9.59 Å². The molecule has 3 N–H and O–H groups in total. The molecule has 1 aromatic carbocycles. The highest BCUT2D eigenvalue weighted by molar-refractivity contribution is 9.10. The lowest BCUT2D eigenvalue weighted by atomic mass is 10.2. The first kappa shape index (κ1) is 14.6. The molecule has 6 heteroatoms. The van der Waals surface area contributed by atoms with Crippen LogP contribution in [-0.2, 0) is 4.79 Å². The largest absolute Gasteiger partial charge is 0.481 e. The normalized spacial score (nSPS) is 10.7. The Morgan fingerprint density at radius 2 is 2.05 bits per heavy atom. The maximum atomic E-state index is 11.9. The van der Waals surface area contributed by atoms with Crippen molar-refractivity contribution in [3.63, 3.8) is 0 Å². The van der Waals surface area contributed by atoms with Gasteiger partial charge in [0.2, 0.25) is 0 Å². The minimum atomic E-state index is -0.808. The molecule has 1 amide bonds. The summed E-state index contributed by atoms with van der Waals surface area (Å²) in [4.78, 5) is 25.3. The van der Waals surface area contributed by atoms with Crippen molar-refractivity contribution in [2.24, 2.45) is 0 Å². The Hall–Kier alpha value is -1.82. The standard InChI is InChI=1S/C14H15BrN2O3/c15-10-5-4-9-7-12(17-11(9)8-10)14(20)16-6-2-1-3-13(18)19/h4-5,7-8,17H,1-3,6H2,(H,16,20)(H,18,19). The Labute approximate surface area is 124 Å². The summed E-state index contributed by atoms with van der Waals surface area (Å²) in [5.41, 5.74) is 1.41. The van der Waals surface area contributed by atoms with Crippen LogP contribution in [0.1, 0.15) is 29.8 Å². The molecule has 0 aliphatic rings. The molecule has 0 aliphatic heterocycles. The molecule has 0 unspecified atom stereocenters. The van der Waals surface area contributed by atoms with Crippen molar-refractivity contribution >= 4 is 38.7 Å². The van der Waals surface area contributed by atoms with Crippen LogP contribution in [0.2, 0.25) is 0 Å². The summed E-state index contributed by atoms with van der Waals surface area (Å²) in [6.45, 7) is 0.477. The zero-order chi connectivity index (χ0) is 14.5. The van der Waals surface area contributed by atoms with Gasteiger partial charge in [-0.05, 0) is 31.0 Å². The highest BCUT2D eigenvalue weighted by atomic mass is 79.9. The second-order valence-corrected chi connectivity index (χ2v) is 5.44. The van der Waals surface area contributed by atoms with Gasteiger partial charge < -0.3 is 15.4 Å². The van der Waals surface area contributed by atoms with Crippen molar-refractivity contribution in [1.82, 2.24) is 10.3 Å². The molecule has 0 radical (unpaired) electrons. The van der Waals surface area contributed by atoms with Gasteiger partial charge in [-0.15, -0.1) is 0 Å². The van der Waals surface area contributed by atoms with E-state index >= 15 is 0 Å². The van der Waals surface area contributed by atoms with Crippen LogP contribution in [0.5, 0.6) is 0 Å². The summed E-state index contributed by atoms with van der Waals surface area (Å²) in [6.07, 6.45) is 1.36. The van der Waals surface area contributed by atoms with Crippen LogP contribution >= 0.6 is 15.9 Å². The number of nitrogens with one attached hydrogen (secondary N) is 2. The number of H-pyrrole nitrogens is 1. The number of hydrogen-bond acceptors (Lipinski definition) is 2. The summed E-state index contributed by atoms with van der Waals surface area (Å²) in [7, 11) is 0. The Morgan fingerprint density at radius 1 is 1.25 bits per heavy atom. The predicted molar refractivity (Wildman–Crippen MR) is 79.8 cm³/mol. The third-order valence-electron chi connectivity index (χ3n) is 2.93. The predicted octanol–water partition coefficient (Wildman–Crippen LogP) is 2.92. The number of benzene rings is 1. The summed E-state index contributed by atoms with van der Waals surface area (Å²) in [5.74, 6) is -0.981. The van der Waals surface area contributed by atoms with Crippen LogP contribution in [0.15, 0.2) is 28.7 Å². The first-order valence-corrected chi connectivity index (χ1v) is 7.14. The maximum Gasteiger partial charge on any atom is 0.303 e. The van der Waals surface area contributed by atoms with Crippen LogP contribution in [0, 0.1) is 0 Å². The van der Waals surface area contributed by atoms with Gasteiger partial charge in [0.1, 0.15) is 5.69 Å². The van der Waals surface area contributed by atoms with E-state index in [-0.39, 0.29) is 12.3 Å². The summed E-state index contributed by atoms with van der Waals surface area (Å²) >= 11 is 3.38. The molecule has 0 atom stereocenters. The first-order valence-electron chi connectivity index (χ1n) is 6.34. The fourth-order valence-electron chi connectivity index (χ4n) is 1.92. The summed E-state index contributed by atoms with van der Waals surface area (Å²) in [6, 6.07) is 7.57. The van der Waals surface area contributed by atoms with Gasteiger partial charge in [-0.3, -0.25) is 9.59 Å². The smallest absolute Gasteiger partial charge is 0.303 e. The van der Waals surface area contributed by atoms with E-state index in [1.165, 1.54) is 0 Å². The molecule has 0 saturated heterocycles. The van der Waals surface area contributed by atoms with Crippen molar-refractivity contribution in [2.45, 2.75) is 19.3 Å². The van der Waals surface area contributed by atoms with E-state index in [4.69, 9.17) is 5.11 Å². The number of unbranched alkanes of at least 4 members (excludes halogenated alkanes) is 1.